The molecule has 1 unspecified atom stereocenters. The van der Waals surface area contributed by atoms with E-state index in [1.54, 1.807) is 12.1 Å². The van der Waals surface area contributed by atoms with Gasteiger partial charge in [0.05, 0.1) is 9.92 Å². The number of nitrogens with one attached hydrogen (secondary N) is 1. The summed E-state index contributed by atoms with van der Waals surface area (Å²) < 4.78 is 14.8. The Hall–Kier alpha value is -0.380. The average molecular weight is 232 g/mol. The van der Waals surface area contributed by atoms with Crippen LogP contribution in [0.1, 0.15) is 20.8 Å². The fraction of sp³-hybridized carbons (Fsp3) is 0.400. The lowest BCUT2D eigenvalue weighted by molar-refractivity contribution is 0.519. The molecule has 0 saturated carbocycles. The zero-order valence-corrected chi connectivity index (χ0v) is 10.1. The zero-order chi connectivity index (χ0) is 10.8. The highest BCUT2D eigenvalue weighted by Gasteiger charge is 2.16. The first-order valence-electron chi connectivity index (χ1n) is 4.34. The number of halogens is 1. The van der Waals surface area contributed by atoms with Gasteiger partial charge in [0.25, 0.3) is 0 Å². The van der Waals surface area contributed by atoms with E-state index in [2.05, 4.69) is 4.72 Å². The molecule has 0 aliphatic carbocycles. The lowest BCUT2D eigenvalue weighted by Crippen LogP contribution is -2.37. The van der Waals surface area contributed by atoms with Gasteiger partial charge in [-0.05, 0) is 32.9 Å². The molecule has 0 fully saturated rings. The van der Waals surface area contributed by atoms with Gasteiger partial charge >= 0.3 is 0 Å². The van der Waals surface area contributed by atoms with Crippen molar-refractivity contribution in [1.82, 2.24) is 4.72 Å². The summed E-state index contributed by atoms with van der Waals surface area (Å²) in [7, 11) is -1.25. The monoisotopic (exact) mass is 231 g/mol. The molecule has 0 radical (unpaired) electrons. The van der Waals surface area contributed by atoms with E-state index in [1.165, 1.54) is 0 Å². The topological polar surface area (TPSA) is 29.1 Å². The van der Waals surface area contributed by atoms with Gasteiger partial charge in [0.15, 0.2) is 0 Å². The van der Waals surface area contributed by atoms with Crippen molar-refractivity contribution in [3.8, 4) is 0 Å². The standard InChI is InChI=1S/C10H14ClNOS/c1-10(2,3)12-14(13)9-7-5-4-6-8(9)11/h4-7,12H,1-3H3. The van der Waals surface area contributed by atoms with Gasteiger partial charge in [-0.15, -0.1) is 0 Å². The van der Waals surface area contributed by atoms with E-state index in [0.717, 1.165) is 0 Å². The van der Waals surface area contributed by atoms with Crippen LogP contribution in [0.15, 0.2) is 29.2 Å². The van der Waals surface area contributed by atoms with Gasteiger partial charge in [-0.1, -0.05) is 23.7 Å². The van der Waals surface area contributed by atoms with Crippen LogP contribution in [0.25, 0.3) is 0 Å². The smallest absolute Gasteiger partial charge is 0.126 e. The summed E-state index contributed by atoms with van der Waals surface area (Å²) in [6, 6.07) is 7.14. The summed E-state index contributed by atoms with van der Waals surface area (Å²) in [6.45, 7) is 5.88. The first-order chi connectivity index (χ1) is 6.40. The number of hydrogen-bond donors (Lipinski definition) is 1. The van der Waals surface area contributed by atoms with E-state index in [9.17, 15) is 4.21 Å². The highest BCUT2D eigenvalue weighted by Crippen LogP contribution is 2.18. The van der Waals surface area contributed by atoms with Crippen molar-refractivity contribution in [3.63, 3.8) is 0 Å². The van der Waals surface area contributed by atoms with E-state index in [1.807, 2.05) is 32.9 Å². The van der Waals surface area contributed by atoms with Crippen LogP contribution in [-0.2, 0) is 11.0 Å². The SMILES string of the molecule is CC(C)(C)NS(=O)c1ccccc1Cl. The summed E-state index contributed by atoms with van der Waals surface area (Å²) in [4.78, 5) is 0.629. The van der Waals surface area contributed by atoms with Crippen LogP contribution in [0.5, 0.6) is 0 Å². The molecule has 1 aromatic carbocycles. The number of benzene rings is 1. The second-order valence-electron chi connectivity index (χ2n) is 4.05. The Labute approximate surface area is 92.3 Å². The predicted octanol–water partition coefficient (Wildman–Crippen LogP) is 2.75. The second-order valence-corrected chi connectivity index (χ2v) is 5.64. The molecule has 0 aliphatic rings. The van der Waals surface area contributed by atoms with Crippen LogP contribution in [0.4, 0.5) is 0 Å². The Morgan fingerprint density at radius 3 is 2.36 bits per heavy atom. The minimum absolute atomic E-state index is 0.190. The van der Waals surface area contributed by atoms with E-state index in [-0.39, 0.29) is 5.54 Å². The Bertz CT molecular complexity index is 346. The van der Waals surface area contributed by atoms with Crippen LogP contribution in [0.2, 0.25) is 5.02 Å². The molecule has 1 aromatic rings. The molecule has 0 bridgehead atoms. The number of rotatable bonds is 2. The first-order valence-corrected chi connectivity index (χ1v) is 5.87. The van der Waals surface area contributed by atoms with Crippen molar-refractivity contribution >= 4 is 22.6 Å². The third-order valence-electron chi connectivity index (χ3n) is 1.44. The second kappa shape index (κ2) is 4.43. The van der Waals surface area contributed by atoms with Crippen molar-refractivity contribution in [3.05, 3.63) is 29.3 Å². The maximum absolute atomic E-state index is 11.8. The van der Waals surface area contributed by atoms with Crippen molar-refractivity contribution in [2.24, 2.45) is 0 Å². The zero-order valence-electron chi connectivity index (χ0n) is 8.50. The molecule has 2 nitrogen and oxygen atoms in total. The Kier molecular flexibility index (Phi) is 3.70. The van der Waals surface area contributed by atoms with Crippen LogP contribution in [0.3, 0.4) is 0 Å². The Morgan fingerprint density at radius 1 is 1.29 bits per heavy atom. The molecule has 1 atom stereocenters. The van der Waals surface area contributed by atoms with Crippen LogP contribution < -0.4 is 4.72 Å². The van der Waals surface area contributed by atoms with E-state index < -0.39 is 11.0 Å². The van der Waals surface area contributed by atoms with Crippen molar-refractivity contribution < 1.29 is 4.21 Å². The normalized spacial score (nSPS) is 14.0. The van der Waals surface area contributed by atoms with Crippen molar-refractivity contribution in [1.29, 1.82) is 0 Å². The van der Waals surface area contributed by atoms with E-state index >= 15 is 0 Å². The molecule has 0 aromatic heterocycles. The fourth-order valence-corrected chi connectivity index (χ4v) is 2.39. The Morgan fingerprint density at radius 2 is 1.86 bits per heavy atom. The summed E-state index contributed by atoms with van der Waals surface area (Å²) in [5.74, 6) is 0. The summed E-state index contributed by atoms with van der Waals surface area (Å²) >= 11 is 5.91. The van der Waals surface area contributed by atoms with Gasteiger partial charge in [0.1, 0.15) is 11.0 Å². The van der Waals surface area contributed by atoms with Crippen LogP contribution in [0, 0.1) is 0 Å². The fourth-order valence-electron chi connectivity index (χ4n) is 0.928. The van der Waals surface area contributed by atoms with Crippen molar-refractivity contribution in [2.75, 3.05) is 0 Å². The molecule has 14 heavy (non-hydrogen) atoms. The maximum Gasteiger partial charge on any atom is 0.126 e. The molecule has 0 spiro atoms. The minimum Gasteiger partial charge on any atom is -0.237 e. The molecular formula is C10H14ClNOS. The third kappa shape index (κ3) is 3.40. The molecule has 78 valence electrons. The van der Waals surface area contributed by atoms with E-state index in [0.29, 0.717) is 9.92 Å². The lowest BCUT2D eigenvalue weighted by Gasteiger charge is -2.19. The predicted molar refractivity (Wildman–Crippen MR) is 60.7 cm³/mol. The Balaban J connectivity index is 2.86. The van der Waals surface area contributed by atoms with Crippen molar-refractivity contribution in [2.45, 2.75) is 31.2 Å². The largest absolute Gasteiger partial charge is 0.237 e. The van der Waals surface area contributed by atoms with Gasteiger partial charge in [0, 0.05) is 5.54 Å². The summed E-state index contributed by atoms with van der Waals surface area (Å²) in [6.07, 6.45) is 0. The van der Waals surface area contributed by atoms with Gasteiger partial charge in [-0.25, -0.2) is 8.93 Å². The van der Waals surface area contributed by atoms with E-state index in [4.69, 9.17) is 11.6 Å². The molecule has 0 aliphatic heterocycles. The quantitative estimate of drug-likeness (QED) is 0.833. The lowest BCUT2D eigenvalue weighted by atomic mass is 10.1. The number of hydrogen-bond acceptors (Lipinski definition) is 1. The summed E-state index contributed by atoms with van der Waals surface area (Å²) in [5.41, 5.74) is -0.190. The van der Waals surface area contributed by atoms with Crippen LogP contribution >= 0.6 is 11.6 Å². The molecule has 0 saturated heterocycles. The first kappa shape index (κ1) is 11.7. The highest BCUT2D eigenvalue weighted by molar-refractivity contribution is 7.83. The van der Waals surface area contributed by atoms with Gasteiger partial charge in [-0.2, -0.15) is 0 Å². The van der Waals surface area contributed by atoms with Gasteiger partial charge < -0.3 is 0 Å². The average Bonchev–Trinajstić information content (AvgIpc) is 2.01. The van der Waals surface area contributed by atoms with Gasteiger partial charge in [-0.3, -0.25) is 0 Å². The molecular weight excluding hydrogens is 218 g/mol. The molecule has 1 rings (SSSR count). The molecule has 1 N–H and O–H groups in total. The van der Waals surface area contributed by atoms with Crippen LogP contribution in [-0.4, -0.2) is 9.75 Å². The van der Waals surface area contributed by atoms with Gasteiger partial charge in [0.2, 0.25) is 0 Å². The third-order valence-corrected chi connectivity index (χ3v) is 3.43. The molecule has 0 heterocycles. The minimum atomic E-state index is -1.25. The molecule has 4 heteroatoms. The molecule has 0 amide bonds. The maximum atomic E-state index is 11.8. The summed E-state index contributed by atoms with van der Waals surface area (Å²) in [5, 5.41) is 0.530. The highest BCUT2D eigenvalue weighted by atomic mass is 35.5.